The highest BCUT2D eigenvalue weighted by atomic mass is 35.5. The minimum absolute atomic E-state index is 0.127. The summed E-state index contributed by atoms with van der Waals surface area (Å²) in [6.45, 7) is 2.28. The van der Waals surface area contributed by atoms with Crippen molar-refractivity contribution < 1.29 is 14.7 Å². The van der Waals surface area contributed by atoms with Gasteiger partial charge in [-0.25, -0.2) is 4.79 Å². The molecular formula is C15H19ClN2O3. The highest BCUT2D eigenvalue weighted by Gasteiger charge is 2.29. The van der Waals surface area contributed by atoms with Gasteiger partial charge in [0.05, 0.1) is 0 Å². The molecule has 1 aromatic carbocycles. The minimum Gasteiger partial charge on any atom is -0.480 e. The lowest BCUT2D eigenvalue weighted by Crippen LogP contribution is -2.50. The van der Waals surface area contributed by atoms with Crippen LogP contribution in [0.4, 0.5) is 10.5 Å². The number of nitrogens with zero attached hydrogens (tertiary/aromatic N) is 2. The van der Waals surface area contributed by atoms with Gasteiger partial charge in [-0.05, 0) is 44.4 Å². The lowest BCUT2D eigenvalue weighted by Gasteiger charge is -2.37. The third-order valence-electron chi connectivity index (χ3n) is 3.69. The Balaban J connectivity index is 2.26. The number of hydrogen-bond acceptors (Lipinski definition) is 2. The van der Waals surface area contributed by atoms with Gasteiger partial charge in [0.25, 0.3) is 0 Å². The predicted octanol–water partition coefficient (Wildman–Crippen LogP) is 3.23. The fourth-order valence-corrected chi connectivity index (χ4v) is 2.77. The Morgan fingerprint density at radius 2 is 2.19 bits per heavy atom. The first-order valence-corrected chi connectivity index (χ1v) is 7.42. The Kier molecular flexibility index (Phi) is 5.07. The van der Waals surface area contributed by atoms with Gasteiger partial charge in [-0.15, -0.1) is 0 Å². The molecule has 2 amide bonds. The maximum atomic E-state index is 12.7. The van der Waals surface area contributed by atoms with Gasteiger partial charge in [0.1, 0.15) is 6.54 Å². The van der Waals surface area contributed by atoms with Crippen molar-refractivity contribution in [2.75, 3.05) is 18.0 Å². The van der Waals surface area contributed by atoms with Crippen LogP contribution in [0.25, 0.3) is 0 Å². The molecule has 1 aliphatic rings. The number of aliphatic carboxylic acids is 1. The molecule has 1 N–H and O–H groups in total. The van der Waals surface area contributed by atoms with Gasteiger partial charge in [-0.1, -0.05) is 17.7 Å². The second-order valence-corrected chi connectivity index (χ2v) is 5.72. The van der Waals surface area contributed by atoms with Crippen LogP contribution in [0.2, 0.25) is 5.02 Å². The van der Waals surface area contributed by atoms with Crippen molar-refractivity contribution in [3.05, 3.63) is 29.3 Å². The summed E-state index contributed by atoms with van der Waals surface area (Å²) >= 11 is 5.95. The third-order valence-corrected chi connectivity index (χ3v) is 3.93. The predicted molar refractivity (Wildman–Crippen MR) is 81.8 cm³/mol. The van der Waals surface area contributed by atoms with Gasteiger partial charge < -0.3 is 10.0 Å². The number of halogens is 1. The van der Waals surface area contributed by atoms with Crippen molar-refractivity contribution in [3.8, 4) is 0 Å². The molecule has 0 bridgehead atoms. The number of piperidine rings is 1. The molecule has 114 valence electrons. The molecule has 1 aromatic rings. The van der Waals surface area contributed by atoms with Crippen molar-refractivity contribution in [1.82, 2.24) is 4.90 Å². The molecule has 1 heterocycles. The second-order valence-electron chi connectivity index (χ2n) is 5.28. The summed E-state index contributed by atoms with van der Waals surface area (Å²) in [7, 11) is 0. The Labute approximate surface area is 129 Å². The number of rotatable bonds is 3. The first-order chi connectivity index (χ1) is 9.99. The Bertz CT molecular complexity index is 535. The molecule has 0 aromatic heterocycles. The van der Waals surface area contributed by atoms with Crippen molar-refractivity contribution >= 4 is 29.3 Å². The normalized spacial score (nSPS) is 18.4. The van der Waals surface area contributed by atoms with E-state index in [4.69, 9.17) is 16.7 Å². The van der Waals surface area contributed by atoms with Crippen molar-refractivity contribution in [2.45, 2.75) is 32.2 Å². The molecule has 1 saturated heterocycles. The number of benzene rings is 1. The van der Waals surface area contributed by atoms with Crippen LogP contribution in [0, 0.1) is 0 Å². The molecule has 1 unspecified atom stereocenters. The number of carbonyl (C=O) groups excluding carboxylic acids is 1. The number of urea groups is 1. The average Bonchev–Trinajstić information content (AvgIpc) is 2.44. The van der Waals surface area contributed by atoms with Crippen LogP contribution in [0.15, 0.2) is 24.3 Å². The van der Waals surface area contributed by atoms with E-state index in [1.165, 1.54) is 4.90 Å². The largest absolute Gasteiger partial charge is 0.480 e. The molecule has 0 spiro atoms. The standard InChI is InChI=1S/C15H19ClN2O3/c1-11-5-2-3-8-17(11)15(21)18(10-14(19)20)13-7-4-6-12(16)9-13/h4,6-7,9,11H,2-3,5,8,10H2,1H3,(H,19,20). The monoisotopic (exact) mass is 310 g/mol. The average molecular weight is 311 g/mol. The van der Waals surface area contributed by atoms with Gasteiger partial charge in [0.2, 0.25) is 0 Å². The fraction of sp³-hybridized carbons (Fsp3) is 0.467. The van der Waals surface area contributed by atoms with E-state index >= 15 is 0 Å². The smallest absolute Gasteiger partial charge is 0.325 e. The quantitative estimate of drug-likeness (QED) is 0.932. The van der Waals surface area contributed by atoms with Crippen LogP contribution >= 0.6 is 11.6 Å². The summed E-state index contributed by atoms with van der Waals surface area (Å²) in [4.78, 5) is 26.8. The second kappa shape index (κ2) is 6.80. The Morgan fingerprint density at radius 3 is 2.81 bits per heavy atom. The number of carbonyl (C=O) groups is 2. The zero-order valence-corrected chi connectivity index (χ0v) is 12.7. The number of hydrogen-bond donors (Lipinski definition) is 1. The summed E-state index contributed by atoms with van der Waals surface area (Å²) < 4.78 is 0. The van der Waals surface area contributed by atoms with E-state index in [9.17, 15) is 9.59 Å². The Morgan fingerprint density at radius 1 is 1.43 bits per heavy atom. The lowest BCUT2D eigenvalue weighted by molar-refractivity contribution is -0.135. The third kappa shape index (κ3) is 3.88. The van der Waals surface area contributed by atoms with Crippen LogP contribution in [-0.4, -0.2) is 41.1 Å². The number of likely N-dealkylation sites (tertiary alicyclic amines) is 1. The fourth-order valence-electron chi connectivity index (χ4n) is 2.59. The van der Waals surface area contributed by atoms with E-state index in [0.29, 0.717) is 17.3 Å². The molecule has 0 radical (unpaired) electrons. The number of carboxylic acid groups (broad SMARTS) is 1. The van der Waals surface area contributed by atoms with E-state index in [0.717, 1.165) is 19.3 Å². The van der Waals surface area contributed by atoms with Crippen LogP contribution < -0.4 is 4.90 Å². The Hall–Kier alpha value is -1.75. The van der Waals surface area contributed by atoms with Crippen LogP contribution in [0.5, 0.6) is 0 Å². The first kappa shape index (κ1) is 15.6. The number of amides is 2. The van der Waals surface area contributed by atoms with E-state index in [1.54, 1.807) is 29.2 Å². The highest BCUT2D eigenvalue weighted by molar-refractivity contribution is 6.30. The summed E-state index contributed by atoms with van der Waals surface area (Å²) in [5.41, 5.74) is 0.507. The summed E-state index contributed by atoms with van der Waals surface area (Å²) in [5.74, 6) is -1.05. The van der Waals surface area contributed by atoms with Gasteiger partial charge in [0, 0.05) is 23.3 Å². The SMILES string of the molecule is CC1CCCCN1C(=O)N(CC(=O)O)c1cccc(Cl)c1. The van der Waals surface area contributed by atoms with Gasteiger partial charge in [0.15, 0.2) is 0 Å². The number of carboxylic acids is 1. The maximum Gasteiger partial charge on any atom is 0.325 e. The minimum atomic E-state index is -1.05. The molecular weight excluding hydrogens is 292 g/mol. The van der Waals surface area contributed by atoms with Crippen molar-refractivity contribution in [3.63, 3.8) is 0 Å². The van der Waals surface area contributed by atoms with Crippen molar-refractivity contribution in [2.24, 2.45) is 0 Å². The summed E-state index contributed by atoms with van der Waals surface area (Å²) in [6.07, 6.45) is 3.00. The van der Waals surface area contributed by atoms with Crippen molar-refractivity contribution in [1.29, 1.82) is 0 Å². The highest BCUT2D eigenvalue weighted by Crippen LogP contribution is 2.24. The number of anilines is 1. The molecule has 0 aliphatic carbocycles. The molecule has 6 heteroatoms. The maximum absolute atomic E-state index is 12.7. The molecule has 2 rings (SSSR count). The zero-order valence-electron chi connectivity index (χ0n) is 12.0. The molecule has 1 atom stereocenters. The van der Waals surface area contributed by atoms with Gasteiger partial charge in [-0.3, -0.25) is 9.69 Å². The van der Waals surface area contributed by atoms with E-state index in [2.05, 4.69) is 0 Å². The molecule has 0 saturated carbocycles. The molecule has 1 fully saturated rings. The topological polar surface area (TPSA) is 60.9 Å². The molecule has 21 heavy (non-hydrogen) atoms. The van der Waals surface area contributed by atoms with E-state index < -0.39 is 5.97 Å². The molecule has 1 aliphatic heterocycles. The first-order valence-electron chi connectivity index (χ1n) is 7.04. The van der Waals surface area contributed by atoms with E-state index in [1.807, 2.05) is 6.92 Å². The van der Waals surface area contributed by atoms with Crippen LogP contribution in [-0.2, 0) is 4.79 Å². The lowest BCUT2D eigenvalue weighted by atomic mass is 10.0. The van der Waals surface area contributed by atoms with Crippen LogP contribution in [0.3, 0.4) is 0 Å². The molecule has 5 nitrogen and oxygen atoms in total. The summed E-state index contributed by atoms with van der Waals surface area (Å²) in [6, 6.07) is 6.56. The summed E-state index contributed by atoms with van der Waals surface area (Å²) in [5, 5.41) is 9.56. The van der Waals surface area contributed by atoms with Gasteiger partial charge in [-0.2, -0.15) is 0 Å². The van der Waals surface area contributed by atoms with Gasteiger partial charge >= 0.3 is 12.0 Å². The van der Waals surface area contributed by atoms with Crippen LogP contribution in [0.1, 0.15) is 26.2 Å². The van der Waals surface area contributed by atoms with E-state index in [-0.39, 0.29) is 18.6 Å². The zero-order chi connectivity index (χ0) is 15.4.